The molecule has 0 amide bonds. The highest BCUT2D eigenvalue weighted by atomic mass is 79.9. The topological polar surface area (TPSA) is 25.8 Å². The number of benzene rings is 1. The van der Waals surface area contributed by atoms with Crippen molar-refractivity contribution in [1.82, 2.24) is 9.97 Å². The van der Waals surface area contributed by atoms with Crippen LogP contribution in [-0.4, -0.2) is 9.97 Å². The van der Waals surface area contributed by atoms with Gasteiger partial charge in [-0.1, -0.05) is 41.4 Å². The first-order valence-electron chi connectivity index (χ1n) is 5.68. The van der Waals surface area contributed by atoms with Gasteiger partial charge in [0.25, 0.3) is 0 Å². The number of fused-ring (bicyclic) bond motifs is 1. The van der Waals surface area contributed by atoms with Gasteiger partial charge in [0, 0.05) is 16.3 Å². The second-order valence-electron chi connectivity index (χ2n) is 4.52. The van der Waals surface area contributed by atoms with Crippen LogP contribution in [0.1, 0.15) is 26.1 Å². The van der Waals surface area contributed by atoms with Gasteiger partial charge in [-0.2, -0.15) is 0 Å². The van der Waals surface area contributed by atoms with E-state index in [0.29, 0.717) is 11.1 Å². The van der Waals surface area contributed by atoms with Gasteiger partial charge in [0.15, 0.2) is 0 Å². The molecule has 0 aliphatic heterocycles. The van der Waals surface area contributed by atoms with Gasteiger partial charge in [0.2, 0.25) is 0 Å². The maximum atomic E-state index is 6.18. The second kappa shape index (κ2) is 5.32. The third kappa shape index (κ3) is 3.17. The van der Waals surface area contributed by atoms with Crippen LogP contribution in [0, 0.1) is 5.92 Å². The molecule has 2 rings (SSSR count). The molecular formula is C13H14BrClN2. The number of hydrogen-bond acceptors (Lipinski definition) is 2. The highest BCUT2D eigenvalue weighted by Gasteiger charge is 2.07. The highest BCUT2D eigenvalue weighted by Crippen LogP contribution is 2.24. The number of halogens is 2. The Labute approximate surface area is 115 Å². The highest BCUT2D eigenvalue weighted by molar-refractivity contribution is 9.10. The van der Waals surface area contributed by atoms with Gasteiger partial charge < -0.3 is 0 Å². The van der Waals surface area contributed by atoms with Crippen LogP contribution in [0.3, 0.4) is 0 Å². The molecule has 0 atom stereocenters. The van der Waals surface area contributed by atoms with Crippen LogP contribution < -0.4 is 0 Å². The van der Waals surface area contributed by atoms with E-state index in [2.05, 4.69) is 39.7 Å². The lowest BCUT2D eigenvalue weighted by molar-refractivity contribution is 0.575. The number of rotatable bonds is 3. The quantitative estimate of drug-likeness (QED) is 0.772. The molecule has 4 heteroatoms. The molecular weight excluding hydrogens is 300 g/mol. The number of aromatic nitrogens is 2. The summed E-state index contributed by atoms with van der Waals surface area (Å²) >= 11 is 9.60. The Morgan fingerprint density at radius 1 is 1.29 bits per heavy atom. The Balaban J connectivity index is 2.38. The van der Waals surface area contributed by atoms with Crippen LogP contribution in [-0.2, 0) is 6.42 Å². The number of nitrogens with zero attached hydrogens (tertiary/aromatic N) is 2. The summed E-state index contributed by atoms with van der Waals surface area (Å²) in [7, 11) is 0. The van der Waals surface area contributed by atoms with Crippen molar-refractivity contribution in [2.24, 2.45) is 5.92 Å². The molecule has 2 aromatic rings. The fourth-order valence-corrected chi connectivity index (χ4v) is 2.25. The molecule has 1 heterocycles. The normalized spacial score (nSPS) is 11.4. The van der Waals surface area contributed by atoms with E-state index in [0.717, 1.165) is 34.0 Å². The van der Waals surface area contributed by atoms with Crippen LogP contribution in [0.15, 0.2) is 22.7 Å². The maximum absolute atomic E-state index is 6.18. The van der Waals surface area contributed by atoms with Crippen molar-refractivity contribution in [3.8, 4) is 0 Å². The van der Waals surface area contributed by atoms with Crippen molar-refractivity contribution >= 4 is 38.4 Å². The Morgan fingerprint density at radius 3 is 2.76 bits per heavy atom. The van der Waals surface area contributed by atoms with Crippen LogP contribution in [0.4, 0.5) is 0 Å². The van der Waals surface area contributed by atoms with E-state index in [-0.39, 0.29) is 0 Å². The Hall–Kier alpha value is -0.670. The summed E-state index contributed by atoms with van der Waals surface area (Å²) in [6, 6.07) is 5.88. The largest absolute Gasteiger partial charge is 0.233 e. The van der Waals surface area contributed by atoms with E-state index in [1.807, 2.05) is 18.2 Å². The molecule has 17 heavy (non-hydrogen) atoms. The van der Waals surface area contributed by atoms with Crippen molar-refractivity contribution in [2.45, 2.75) is 26.7 Å². The molecule has 0 unspecified atom stereocenters. The number of aryl methyl sites for hydroxylation is 1. The van der Waals surface area contributed by atoms with Gasteiger partial charge in [-0.3, -0.25) is 0 Å². The lowest BCUT2D eigenvalue weighted by atomic mass is 10.1. The molecule has 1 aromatic heterocycles. The van der Waals surface area contributed by atoms with Gasteiger partial charge >= 0.3 is 0 Å². The first kappa shape index (κ1) is 12.8. The summed E-state index contributed by atoms with van der Waals surface area (Å²) in [5.74, 6) is 1.48. The summed E-state index contributed by atoms with van der Waals surface area (Å²) in [5.41, 5.74) is 0.909. The monoisotopic (exact) mass is 312 g/mol. The summed E-state index contributed by atoms with van der Waals surface area (Å²) < 4.78 is 0.991. The van der Waals surface area contributed by atoms with Crippen molar-refractivity contribution in [3.05, 3.63) is 33.6 Å². The van der Waals surface area contributed by atoms with Gasteiger partial charge in [0.1, 0.15) is 11.0 Å². The molecule has 90 valence electrons. The second-order valence-corrected chi connectivity index (χ2v) is 5.80. The lowest BCUT2D eigenvalue weighted by Crippen LogP contribution is -1.99. The number of hydrogen-bond donors (Lipinski definition) is 0. The van der Waals surface area contributed by atoms with E-state index in [4.69, 9.17) is 11.6 Å². The van der Waals surface area contributed by atoms with Crippen molar-refractivity contribution in [3.63, 3.8) is 0 Å². The van der Waals surface area contributed by atoms with E-state index >= 15 is 0 Å². The molecule has 0 spiro atoms. The molecule has 0 N–H and O–H groups in total. The molecule has 0 aliphatic rings. The SMILES string of the molecule is CC(C)CCc1nc(Cl)c2cc(Br)ccc2n1. The molecule has 2 nitrogen and oxygen atoms in total. The van der Waals surface area contributed by atoms with Gasteiger partial charge in [0.05, 0.1) is 5.52 Å². The molecule has 0 radical (unpaired) electrons. The summed E-state index contributed by atoms with van der Waals surface area (Å²) in [6.45, 7) is 4.39. The van der Waals surface area contributed by atoms with Crippen LogP contribution in [0.2, 0.25) is 5.15 Å². The molecule has 0 fully saturated rings. The van der Waals surface area contributed by atoms with Gasteiger partial charge in [-0.25, -0.2) is 9.97 Å². The first-order valence-corrected chi connectivity index (χ1v) is 6.85. The van der Waals surface area contributed by atoms with E-state index in [1.54, 1.807) is 0 Å². The molecule has 0 aliphatic carbocycles. The van der Waals surface area contributed by atoms with E-state index in [1.165, 1.54) is 0 Å². The summed E-state index contributed by atoms with van der Waals surface area (Å²) in [5, 5.41) is 1.43. The molecule has 0 saturated heterocycles. The smallest absolute Gasteiger partial charge is 0.140 e. The minimum absolute atomic E-state index is 0.537. The Morgan fingerprint density at radius 2 is 2.06 bits per heavy atom. The van der Waals surface area contributed by atoms with Crippen LogP contribution in [0.25, 0.3) is 10.9 Å². The Bertz CT molecular complexity index is 540. The van der Waals surface area contributed by atoms with Crippen LogP contribution in [0.5, 0.6) is 0 Å². The van der Waals surface area contributed by atoms with E-state index in [9.17, 15) is 0 Å². The Kier molecular flexibility index (Phi) is 4.00. The maximum Gasteiger partial charge on any atom is 0.140 e. The third-order valence-corrected chi connectivity index (χ3v) is 3.38. The summed E-state index contributed by atoms with van der Waals surface area (Å²) in [4.78, 5) is 8.88. The van der Waals surface area contributed by atoms with Crippen molar-refractivity contribution in [1.29, 1.82) is 0 Å². The average Bonchev–Trinajstić information content (AvgIpc) is 2.27. The third-order valence-electron chi connectivity index (χ3n) is 2.60. The van der Waals surface area contributed by atoms with Gasteiger partial charge in [-0.15, -0.1) is 0 Å². The van der Waals surface area contributed by atoms with Crippen LogP contribution >= 0.6 is 27.5 Å². The van der Waals surface area contributed by atoms with E-state index < -0.39 is 0 Å². The lowest BCUT2D eigenvalue weighted by Gasteiger charge is -2.06. The fourth-order valence-electron chi connectivity index (χ4n) is 1.64. The predicted octanol–water partition coefficient (Wildman–Crippen LogP) is 4.63. The fraction of sp³-hybridized carbons (Fsp3) is 0.385. The van der Waals surface area contributed by atoms with Crippen molar-refractivity contribution in [2.75, 3.05) is 0 Å². The minimum atomic E-state index is 0.537. The molecule has 0 saturated carbocycles. The zero-order valence-corrected chi connectivity index (χ0v) is 12.2. The predicted molar refractivity (Wildman–Crippen MR) is 75.4 cm³/mol. The molecule has 1 aromatic carbocycles. The minimum Gasteiger partial charge on any atom is -0.233 e. The average molecular weight is 314 g/mol. The van der Waals surface area contributed by atoms with Gasteiger partial charge in [-0.05, 0) is 30.5 Å². The summed E-state index contributed by atoms with van der Waals surface area (Å²) in [6.07, 6.45) is 1.96. The first-order chi connectivity index (χ1) is 8.06. The zero-order chi connectivity index (χ0) is 12.4. The van der Waals surface area contributed by atoms with Crippen molar-refractivity contribution < 1.29 is 0 Å². The standard InChI is InChI=1S/C13H14BrClN2/c1-8(2)3-6-12-16-11-5-4-9(14)7-10(11)13(15)17-12/h4-5,7-8H,3,6H2,1-2H3. The zero-order valence-electron chi connectivity index (χ0n) is 9.87. The molecule has 0 bridgehead atoms.